The van der Waals surface area contributed by atoms with Crippen molar-refractivity contribution in [3.05, 3.63) is 0 Å². The standard InChI is InChI=1S/C12H24N2/c1-12(2,10-14-8-3-9-14)11-4-6-13-7-5-11/h11,13H,3-10H2,1-2H3. The summed E-state index contributed by atoms with van der Waals surface area (Å²) in [5, 5.41) is 3.45. The van der Waals surface area contributed by atoms with E-state index in [1.54, 1.807) is 0 Å². The number of nitrogens with zero attached hydrogens (tertiary/aromatic N) is 1. The monoisotopic (exact) mass is 196 g/mol. The normalized spacial score (nSPS) is 26.1. The van der Waals surface area contributed by atoms with E-state index in [1.807, 2.05) is 0 Å². The number of piperidine rings is 1. The Kier molecular flexibility index (Phi) is 3.13. The van der Waals surface area contributed by atoms with E-state index in [-0.39, 0.29) is 0 Å². The Balaban J connectivity index is 1.84. The van der Waals surface area contributed by atoms with E-state index < -0.39 is 0 Å². The van der Waals surface area contributed by atoms with E-state index >= 15 is 0 Å². The molecule has 2 nitrogen and oxygen atoms in total. The molecule has 0 bridgehead atoms. The van der Waals surface area contributed by atoms with Gasteiger partial charge in [0, 0.05) is 6.54 Å². The lowest BCUT2D eigenvalue weighted by Crippen LogP contribution is -2.47. The highest BCUT2D eigenvalue weighted by atomic mass is 15.2. The Labute approximate surface area is 88.1 Å². The minimum absolute atomic E-state index is 0.530. The second kappa shape index (κ2) is 4.19. The SMILES string of the molecule is CC(C)(CN1CCC1)C1CCNCC1. The van der Waals surface area contributed by atoms with Crippen molar-refractivity contribution in [3.63, 3.8) is 0 Å². The van der Waals surface area contributed by atoms with Crippen LogP contribution < -0.4 is 5.32 Å². The average molecular weight is 196 g/mol. The molecule has 0 aromatic rings. The van der Waals surface area contributed by atoms with Crippen molar-refractivity contribution >= 4 is 0 Å². The van der Waals surface area contributed by atoms with Crippen LogP contribution in [0, 0.1) is 11.3 Å². The molecule has 0 aromatic carbocycles. The van der Waals surface area contributed by atoms with Crippen molar-refractivity contribution in [1.29, 1.82) is 0 Å². The van der Waals surface area contributed by atoms with Crippen LogP contribution in [0.1, 0.15) is 33.1 Å². The zero-order valence-corrected chi connectivity index (χ0v) is 9.68. The van der Waals surface area contributed by atoms with E-state index in [1.165, 1.54) is 52.0 Å². The molecule has 0 saturated carbocycles. The Bertz CT molecular complexity index is 179. The molecule has 0 spiro atoms. The predicted octanol–water partition coefficient (Wildman–Crippen LogP) is 1.72. The number of nitrogens with one attached hydrogen (secondary N) is 1. The molecule has 1 N–H and O–H groups in total. The highest BCUT2D eigenvalue weighted by Gasteiger charge is 2.33. The lowest BCUT2D eigenvalue weighted by molar-refractivity contribution is 0.0635. The molecule has 2 fully saturated rings. The number of rotatable bonds is 3. The maximum atomic E-state index is 3.45. The highest BCUT2D eigenvalue weighted by Crippen LogP contribution is 2.34. The van der Waals surface area contributed by atoms with Crippen LogP contribution >= 0.6 is 0 Å². The van der Waals surface area contributed by atoms with Crippen LogP contribution in [-0.4, -0.2) is 37.6 Å². The van der Waals surface area contributed by atoms with E-state index in [2.05, 4.69) is 24.1 Å². The van der Waals surface area contributed by atoms with Crippen molar-refractivity contribution in [2.45, 2.75) is 33.1 Å². The molecule has 2 aliphatic rings. The lowest BCUT2D eigenvalue weighted by Gasteiger charge is -2.43. The summed E-state index contributed by atoms with van der Waals surface area (Å²) in [6.45, 7) is 11.4. The van der Waals surface area contributed by atoms with Crippen LogP contribution in [0.3, 0.4) is 0 Å². The molecule has 2 saturated heterocycles. The Hall–Kier alpha value is -0.0800. The maximum Gasteiger partial charge on any atom is 0.00354 e. The quantitative estimate of drug-likeness (QED) is 0.739. The fourth-order valence-electron chi connectivity index (χ4n) is 2.85. The Morgan fingerprint density at radius 1 is 1.21 bits per heavy atom. The molecule has 0 aromatic heterocycles. The second-order valence-electron chi connectivity index (χ2n) is 5.64. The summed E-state index contributed by atoms with van der Waals surface area (Å²) in [6.07, 6.45) is 4.17. The summed E-state index contributed by atoms with van der Waals surface area (Å²) in [4.78, 5) is 2.61. The van der Waals surface area contributed by atoms with Crippen LogP contribution in [0.2, 0.25) is 0 Å². The van der Waals surface area contributed by atoms with E-state index in [0.29, 0.717) is 5.41 Å². The highest BCUT2D eigenvalue weighted by molar-refractivity contribution is 4.86. The molecule has 82 valence electrons. The predicted molar refractivity (Wildman–Crippen MR) is 60.4 cm³/mol. The van der Waals surface area contributed by atoms with Gasteiger partial charge in [0.05, 0.1) is 0 Å². The third-order valence-corrected chi connectivity index (χ3v) is 4.02. The van der Waals surface area contributed by atoms with Gasteiger partial charge in [-0.15, -0.1) is 0 Å². The van der Waals surface area contributed by atoms with Gasteiger partial charge in [-0.05, 0) is 56.8 Å². The van der Waals surface area contributed by atoms with E-state index in [4.69, 9.17) is 0 Å². The third kappa shape index (κ3) is 2.29. The van der Waals surface area contributed by atoms with Crippen LogP contribution in [0.15, 0.2) is 0 Å². The van der Waals surface area contributed by atoms with Gasteiger partial charge in [-0.3, -0.25) is 0 Å². The third-order valence-electron chi connectivity index (χ3n) is 4.02. The van der Waals surface area contributed by atoms with Gasteiger partial charge in [-0.1, -0.05) is 13.8 Å². The molecule has 2 rings (SSSR count). The van der Waals surface area contributed by atoms with Crippen molar-refractivity contribution in [2.75, 3.05) is 32.7 Å². The summed E-state index contributed by atoms with van der Waals surface area (Å²) < 4.78 is 0. The largest absolute Gasteiger partial charge is 0.317 e. The van der Waals surface area contributed by atoms with E-state index in [0.717, 1.165) is 5.92 Å². The molecule has 2 aliphatic heterocycles. The lowest BCUT2D eigenvalue weighted by atomic mass is 9.73. The molecule has 0 radical (unpaired) electrons. The Morgan fingerprint density at radius 2 is 1.86 bits per heavy atom. The number of likely N-dealkylation sites (tertiary alicyclic amines) is 1. The number of hydrogen-bond acceptors (Lipinski definition) is 2. The van der Waals surface area contributed by atoms with Gasteiger partial charge in [0.1, 0.15) is 0 Å². The molecule has 0 unspecified atom stereocenters. The van der Waals surface area contributed by atoms with Crippen LogP contribution in [0.4, 0.5) is 0 Å². The summed E-state index contributed by atoms with van der Waals surface area (Å²) in [7, 11) is 0. The zero-order valence-electron chi connectivity index (χ0n) is 9.68. The fraction of sp³-hybridized carbons (Fsp3) is 1.00. The molecule has 2 heteroatoms. The Morgan fingerprint density at radius 3 is 2.36 bits per heavy atom. The fourth-order valence-corrected chi connectivity index (χ4v) is 2.85. The summed E-state index contributed by atoms with van der Waals surface area (Å²) >= 11 is 0. The molecule has 0 aliphatic carbocycles. The van der Waals surface area contributed by atoms with Gasteiger partial charge in [0.15, 0.2) is 0 Å². The summed E-state index contributed by atoms with van der Waals surface area (Å²) in [5.74, 6) is 0.935. The van der Waals surface area contributed by atoms with Crippen LogP contribution in [0.5, 0.6) is 0 Å². The molecular formula is C12H24N2. The molecule has 14 heavy (non-hydrogen) atoms. The molecule has 0 amide bonds. The first kappa shape index (κ1) is 10.4. The first-order valence-corrected chi connectivity index (χ1v) is 6.11. The van der Waals surface area contributed by atoms with Gasteiger partial charge in [-0.2, -0.15) is 0 Å². The minimum Gasteiger partial charge on any atom is -0.317 e. The van der Waals surface area contributed by atoms with Crippen LogP contribution in [-0.2, 0) is 0 Å². The smallest absolute Gasteiger partial charge is 0.00354 e. The van der Waals surface area contributed by atoms with Crippen molar-refractivity contribution in [3.8, 4) is 0 Å². The van der Waals surface area contributed by atoms with Gasteiger partial charge >= 0.3 is 0 Å². The maximum absolute atomic E-state index is 3.45. The molecular weight excluding hydrogens is 172 g/mol. The molecule has 0 atom stereocenters. The summed E-state index contributed by atoms with van der Waals surface area (Å²) in [5.41, 5.74) is 0.530. The minimum atomic E-state index is 0.530. The van der Waals surface area contributed by atoms with Crippen molar-refractivity contribution in [1.82, 2.24) is 10.2 Å². The number of hydrogen-bond donors (Lipinski definition) is 1. The average Bonchev–Trinajstić information content (AvgIpc) is 2.13. The van der Waals surface area contributed by atoms with Crippen molar-refractivity contribution in [2.24, 2.45) is 11.3 Å². The zero-order chi connectivity index (χ0) is 10.0. The topological polar surface area (TPSA) is 15.3 Å². The van der Waals surface area contributed by atoms with Crippen LogP contribution in [0.25, 0.3) is 0 Å². The van der Waals surface area contributed by atoms with E-state index in [9.17, 15) is 0 Å². The van der Waals surface area contributed by atoms with Crippen molar-refractivity contribution < 1.29 is 0 Å². The van der Waals surface area contributed by atoms with Gasteiger partial charge in [-0.25, -0.2) is 0 Å². The first-order valence-electron chi connectivity index (χ1n) is 6.11. The first-order chi connectivity index (χ1) is 6.68. The van der Waals surface area contributed by atoms with Gasteiger partial charge in [0.2, 0.25) is 0 Å². The van der Waals surface area contributed by atoms with Gasteiger partial charge < -0.3 is 10.2 Å². The second-order valence-corrected chi connectivity index (χ2v) is 5.64. The molecule has 2 heterocycles. The van der Waals surface area contributed by atoms with Gasteiger partial charge in [0.25, 0.3) is 0 Å². The summed E-state index contributed by atoms with van der Waals surface area (Å²) in [6, 6.07) is 0.